The van der Waals surface area contributed by atoms with E-state index >= 15 is 0 Å². The van der Waals surface area contributed by atoms with Gasteiger partial charge < -0.3 is 0 Å². The van der Waals surface area contributed by atoms with E-state index in [-0.39, 0.29) is 22.0 Å². The van der Waals surface area contributed by atoms with E-state index in [9.17, 15) is 14.9 Å². The normalized spacial score (nSPS) is 17.4. The lowest BCUT2D eigenvalue weighted by Crippen LogP contribution is -2.18. The Hall–Kier alpha value is -2.26. The fourth-order valence-corrected chi connectivity index (χ4v) is 1.75. The number of halogens is 1. The number of nitro groups is 1. The van der Waals surface area contributed by atoms with Crippen LogP contribution in [0.5, 0.6) is 0 Å². The lowest BCUT2D eigenvalue weighted by atomic mass is 9.95. The molecule has 6 nitrogen and oxygen atoms in total. The van der Waals surface area contributed by atoms with Crippen LogP contribution in [-0.2, 0) is 0 Å². The fourth-order valence-electron chi connectivity index (χ4n) is 1.49. The summed E-state index contributed by atoms with van der Waals surface area (Å²) >= 11 is 5.79. The zero-order chi connectivity index (χ0) is 12.6. The molecule has 7 heteroatoms. The molecule has 0 spiro atoms. The number of nitro benzene ring substituents is 1. The third-order valence-electron chi connectivity index (χ3n) is 2.30. The first-order valence-electron chi connectivity index (χ1n) is 4.50. The Morgan fingerprint density at radius 3 is 2.82 bits per heavy atom. The van der Waals surface area contributed by atoms with E-state index in [2.05, 4.69) is 4.99 Å². The van der Waals surface area contributed by atoms with Crippen LogP contribution in [0.15, 0.2) is 17.1 Å². The number of non-ortho nitro benzene ring substituents is 1. The minimum atomic E-state index is -1.01. The number of Topliss-reactive ketones (excluding diaryl/α,β-unsaturated/α-hetero) is 1. The Kier molecular flexibility index (Phi) is 2.61. The van der Waals surface area contributed by atoms with Crippen LogP contribution in [-0.4, -0.2) is 16.9 Å². The number of nitrogens with zero attached hydrogens (tertiary/aromatic N) is 3. The molecule has 0 aromatic heterocycles. The molecule has 0 aliphatic carbocycles. The van der Waals surface area contributed by atoms with Gasteiger partial charge >= 0.3 is 0 Å². The number of aliphatic imine (C=N–C) groups is 1. The lowest BCUT2D eigenvalue weighted by molar-refractivity contribution is -0.384. The summed E-state index contributed by atoms with van der Waals surface area (Å²) in [5.41, 5.74) is -0.108. The number of fused-ring (bicyclic) bond motifs is 1. The molecular weight excluding hydrogens is 246 g/mol. The highest BCUT2D eigenvalue weighted by molar-refractivity contribution is 6.35. The summed E-state index contributed by atoms with van der Waals surface area (Å²) in [6.07, 6.45) is 1.18. The second-order valence-electron chi connectivity index (χ2n) is 3.33. The smallest absolute Gasteiger partial charge is 0.271 e. The molecule has 0 radical (unpaired) electrons. The van der Waals surface area contributed by atoms with E-state index in [4.69, 9.17) is 16.9 Å². The predicted octanol–water partition coefficient (Wildman–Crippen LogP) is 2.29. The van der Waals surface area contributed by atoms with Crippen molar-refractivity contribution in [2.24, 2.45) is 10.9 Å². The molecule has 1 aliphatic rings. The maximum absolute atomic E-state index is 11.8. The second kappa shape index (κ2) is 3.96. The van der Waals surface area contributed by atoms with Gasteiger partial charge in [-0.15, -0.1) is 0 Å². The van der Waals surface area contributed by atoms with E-state index in [1.807, 2.05) is 0 Å². The minimum Gasteiger partial charge on any atom is -0.292 e. The van der Waals surface area contributed by atoms with Gasteiger partial charge in [0.05, 0.1) is 27.3 Å². The van der Waals surface area contributed by atoms with Gasteiger partial charge in [-0.05, 0) is 0 Å². The molecular formula is C10H4ClN3O3. The fraction of sp³-hybridized carbons (Fsp3) is 0.100. The molecule has 1 aliphatic heterocycles. The van der Waals surface area contributed by atoms with Crippen LogP contribution in [0.25, 0.3) is 0 Å². The van der Waals surface area contributed by atoms with Gasteiger partial charge in [0.15, 0.2) is 5.78 Å². The number of nitriles is 1. The van der Waals surface area contributed by atoms with Crippen LogP contribution >= 0.6 is 11.6 Å². The molecule has 0 N–H and O–H groups in total. The Morgan fingerprint density at radius 2 is 2.24 bits per heavy atom. The summed E-state index contributed by atoms with van der Waals surface area (Å²) in [7, 11) is 0. The second-order valence-corrected chi connectivity index (χ2v) is 3.74. The maximum Gasteiger partial charge on any atom is 0.271 e. The van der Waals surface area contributed by atoms with E-state index < -0.39 is 16.6 Å². The topological polar surface area (TPSA) is 96.4 Å². The number of hydrogen-bond acceptors (Lipinski definition) is 5. The van der Waals surface area contributed by atoms with Crippen molar-refractivity contribution in [1.82, 2.24) is 0 Å². The van der Waals surface area contributed by atoms with Crippen LogP contribution in [0.3, 0.4) is 0 Å². The SMILES string of the molecule is N#CC1C=Nc2c(Cl)cc([N+](=O)[O-])cc2C1=O. The Morgan fingerprint density at radius 1 is 1.53 bits per heavy atom. The van der Waals surface area contributed by atoms with Gasteiger partial charge in [-0.25, -0.2) is 0 Å². The van der Waals surface area contributed by atoms with E-state index in [0.717, 1.165) is 12.1 Å². The summed E-state index contributed by atoms with van der Waals surface area (Å²) in [6.45, 7) is 0. The first kappa shape index (κ1) is 11.2. The van der Waals surface area contributed by atoms with Crippen molar-refractivity contribution >= 4 is 35.0 Å². The molecule has 1 aromatic carbocycles. The van der Waals surface area contributed by atoms with E-state index in [1.54, 1.807) is 6.07 Å². The molecule has 0 saturated heterocycles. The molecule has 0 fully saturated rings. The Bertz CT molecular complexity index is 604. The average Bonchev–Trinajstić information content (AvgIpc) is 2.30. The molecule has 1 aromatic rings. The van der Waals surface area contributed by atoms with Crippen molar-refractivity contribution in [3.05, 3.63) is 32.8 Å². The number of carbonyl (C=O) groups excluding carboxylic acids is 1. The van der Waals surface area contributed by atoms with Crippen LogP contribution < -0.4 is 0 Å². The van der Waals surface area contributed by atoms with Crippen molar-refractivity contribution in [3.8, 4) is 6.07 Å². The Labute approximate surface area is 100 Å². The van der Waals surface area contributed by atoms with Crippen LogP contribution in [0.1, 0.15) is 10.4 Å². The van der Waals surface area contributed by atoms with Gasteiger partial charge in [0, 0.05) is 18.3 Å². The summed E-state index contributed by atoms with van der Waals surface area (Å²) in [5.74, 6) is -1.54. The highest BCUT2D eigenvalue weighted by Crippen LogP contribution is 2.36. The molecule has 0 bridgehead atoms. The average molecular weight is 250 g/mol. The number of benzene rings is 1. The third-order valence-corrected chi connectivity index (χ3v) is 2.59. The number of ketones is 1. The number of hydrogen-bond donors (Lipinski definition) is 0. The molecule has 1 atom stereocenters. The van der Waals surface area contributed by atoms with Crippen LogP contribution in [0.2, 0.25) is 5.02 Å². The molecule has 17 heavy (non-hydrogen) atoms. The quantitative estimate of drug-likeness (QED) is 0.563. The zero-order valence-electron chi connectivity index (χ0n) is 8.25. The molecule has 1 unspecified atom stereocenters. The highest BCUT2D eigenvalue weighted by atomic mass is 35.5. The first-order chi connectivity index (χ1) is 8.04. The summed E-state index contributed by atoms with van der Waals surface area (Å²) < 4.78 is 0. The van der Waals surface area contributed by atoms with Gasteiger partial charge in [0.1, 0.15) is 5.92 Å². The van der Waals surface area contributed by atoms with Gasteiger partial charge in [0.25, 0.3) is 5.69 Å². The minimum absolute atomic E-state index is 0.0123. The highest BCUT2D eigenvalue weighted by Gasteiger charge is 2.28. The number of carbonyl (C=O) groups is 1. The summed E-state index contributed by atoms with van der Waals surface area (Å²) in [6, 6.07) is 3.96. The molecule has 2 rings (SSSR count). The third kappa shape index (κ3) is 1.77. The van der Waals surface area contributed by atoms with Crippen molar-refractivity contribution in [2.75, 3.05) is 0 Å². The maximum atomic E-state index is 11.8. The summed E-state index contributed by atoms with van der Waals surface area (Å²) in [5, 5.41) is 19.4. The standard InChI is InChI=1S/C10H4ClN3O3/c11-8-2-6(14(16)17)1-7-9(8)13-4-5(3-12)10(7)15/h1-2,4-5H. The van der Waals surface area contributed by atoms with Gasteiger partial charge in [-0.1, -0.05) is 11.6 Å². The molecule has 1 heterocycles. The van der Waals surface area contributed by atoms with Crippen molar-refractivity contribution in [3.63, 3.8) is 0 Å². The van der Waals surface area contributed by atoms with Crippen LogP contribution in [0.4, 0.5) is 11.4 Å². The van der Waals surface area contributed by atoms with E-state index in [1.165, 1.54) is 6.21 Å². The van der Waals surface area contributed by atoms with Gasteiger partial charge in [-0.3, -0.25) is 19.9 Å². The van der Waals surface area contributed by atoms with Crippen LogP contribution in [0, 0.1) is 27.4 Å². The monoisotopic (exact) mass is 249 g/mol. The lowest BCUT2D eigenvalue weighted by Gasteiger charge is -2.12. The first-order valence-corrected chi connectivity index (χ1v) is 4.88. The van der Waals surface area contributed by atoms with Crippen molar-refractivity contribution in [1.29, 1.82) is 5.26 Å². The molecule has 84 valence electrons. The van der Waals surface area contributed by atoms with Crippen molar-refractivity contribution < 1.29 is 9.72 Å². The molecule has 0 saturated carbocycles. The van der Waals surface area contributed by atoms with Crippen molar-refractivity contribution in [2.45, 2.75) is 0 Å². The largest absolute Gasteiger partial charge is 0.292 e. The molecule has 0 amide bonds. The van der Waals surface area contributed by atoms with E-state index in [0.29, 0.717) is 0 Å². The predicted molar refractivity (Wildman–Crippen MR) is 59.7 cm³/mol. The zero-order valence-corrected chi connectivity index (χ0v) is 9.01. The Balaban J connectivity index is 2.66. The number of rotatable bonds is 1. The van der Waals surface area contributed by atoms with Gasteiger partial charge in [-0.2, -0.15) is 5.26 Å². The van der Waals surface area contributed by atoms with Gasteiger partial charge in [0.2, 0.25) is 0 Å². The summed E-state index contributed by atoms with van der Waals surface area (Å²) in [4.78, 5) is 25.6.